The highest BCUT2D eigenvalue weighted by molar-refractivity contribution is 5.79. The van der Waals surface area contributed by atoms with Crippen molar-refractivity contribution in [3.8, 4) is 5.75 Å². The van der Waals surface area contributed by atoms with Crippen LogP contribution in [0, 0.1) is 12.8 Å². The van der Waals surface area contributed by atoms with Crippen molar-refractivity contribution in [1.82, 2.24) is 5.32 Å². The van der Waals surface area contributed by atoms with Crippen LogP contribution in [-0.4, -0.2) is 24.7 Å². The third-order valence-corrected chi connectivity index (χ3v) is 3.27. The molecule has 1 aromatic rings. The van der Waals surface area contributed by atoms with E-state index < -0.39 is 12.8 Å². The number of ether oxygens (including phenoxy) is 1. The van der Waals surface area contributed by atoms with Crippen LogP contribution >= 0.6 is 0 Å². The van der Waals surface area contributed by atoms with Crippen molar-refractivity contribution in [3.05, 3.63) is 29.3 Å². The van der Waals surface area contributed by atoms with E-state index in [2.05, 4.69) is 5.32 Å². The molecule has 2 atom stereocenters. The molecular weight excluding hydrogens is 297 g/mol. The second-order valence-corrected chi connectivity index (χ2v) is 5.38. The van der Waals surface area contributed by atoms with Gasteiger partial charge in [0, 0.05) is 24.1 Å². The summed E-state index contributed by atoms with van der Waals surface area (Å²) in [6, 6.07) is 4.59. The smallest absolute Gasteiger partial charge is 0.422 e. The van der Waals surface area contributed by atoms with Crippen LogP contribution < -0.4 is 15.8 Å². The normalized spacial score (nSPS) is 14.3. The monoisotopic (exact) mass is 318 g/mol. The highest BCUT2D eigenvalue weighted by Gasteiger charge is 2.29. The molecule has 1 aromatic carbocycles. The van der Waals surface area contributed by atoms with Crippen LogP contribution in [0.4, 0.5) is 13.2 Å². The van der Waals surface area contributed by atoms with Gasteiger partial charge in [-0.1, -0.05) is 19.1 Å². The van der Waals surface area contributed by atoms with Gasteiger partial charge in [-0.2, -0.15) is 13.2 Å². The number of carbonyl (C=O) groups is 1. The van der Waals surface area contributed by atoms with E-state index in [0.717, 1.165) is 5.56 Å². The quantitative estimate of drug-likeness (QED) is 0.847. The molecule has 0 aliphatic carbocycles. The zero-order valence-electron chi connectivity index (χ0n) is 12.8. The SMILES string of the molecule is Cc1ccc(CNC(=O)C(C)C(C)N)c(OCC(F)(F)F)c1. The van der Waals surface area contributed by atoms with E-state index in [4.69, 9.17) is 10.5 Å². The number of amides is 1. The summed E-state index contributed by atoms with van der Waals surface area (Å²) in [6.07, 6.45) is -4.41. The number of hydrogen-bond acceptors (Lipinski definition) is 3. The lowest BCUT2D eigenvalue weighted by atomic mass is 10.0. The van der Waals surface area contributed by atoms with E-state index in [9.17, 15) is 18.0 Å². The van der Waals surface area contributed by atoms with Gasteiger partial charge in [0.2, 0.25) is 5.91 Å². The Kier molecular flexibility index (Phi) is 6.22. The Morgan fingerprint density at radius 3 is 2.55 bits per heavy atom. The first-order valence-electron chi connectivity index (χ1n) is 6.92. The first kappa shape index (κ1) is 18.3. The number of carbonyl (C=O) groups excluding carboxylic acids is 1. The maximum absolute atomic E-state index is 12.3. The van der Waals surface area contributed by atoms with Crippen LogP contribution in [0.3, 0.4) is 0 Å². The van der Waals surface area contributed by atoms with Gasteiger partial charge in [-0.3, -0.25) is 4.79 Å². The van der Waals surface area contributed by atoms with Gasteiger partial charge >= 0.3 is 6.18 Å². The van der Waals surface area contributed by atoms with Gasteiger partial charge in [-0.05, 0) is 25.5 Å². The zero-order chi connectivity index (χ0) is 16.9. The number of benzene rings is 1. The van der Waals surface area contributed by atoms with Crippen LogP contribution in [0.2, 0.25) is 0 Å². The van der Waals surface area contributed by atoms with E-state index in [1.807, 2.05) is 0 Å². The zero-order valence-corrected chi connectivity index (χ0v) is 12.8. The molecule has 22 heavy (non-hydrogen) atoms. The van der Waals surface area contributed by atoms with E-state index in [1.165, 1.54) is 6.07 Å². The van der Waals surface area contributed by atoms with Crippen molar-refractivity contribution < 1.29 is 22.7 Å². The van der Waals surface area contributed by atoms with Crippen molar-refractivity contribution in [2.75, 3.05) is 6.61 Å². The average Bonchev–Trinajstić information content (AvgIpc) is 2.41. The van der Waals surface area contributed by atoms with Gasteiger partial charge in [0.1, 0.15) is 5.75 Å². The van der Waals surface area contributed by atoms with E-state index in [-0.39, 0.29) is 30.2 Å². The lowest BCUT2D eigenvalue weighted by Gasteiger charge is -2.17. The first-order valence-corrected chi connectivity index (χ1v) is 6.92. The van der Waals surface area contributed by atoms with Crippen LogP contribution in [0.1, 0.15) is 25.0 Å². The minimum Gasteiger partial charge on any atom is -0.484 e. The summed E-state index contributed by atoms with van der Waals surface area (Å²) in [5.41, 5.74) is 6.90. The maximum Gasteiger partial charge on any atom is 0.422 e. The molecule has 0 aromatic heterocycles. The second kappa shape index (κ2) is 7.49. The van der Waals surface area contributed by atoms with Crippen LogP contribution in [0.15, 0.2) is 18.2 Å². The Hall–Kier alpha value is -1.76. The molecule has 0 bridgehead atoms. The van der Waals surface area contributed by atoms with Gasteiger partial charge in [0.15, 0.2) is 6.61 Å². The number of hydrogen-bond donors (Lipinski definition) is 2. The van der Waals surface area contributed by atoms with Gasteiger partial charge < -0.3 is 15.8 Å². The molecule has 0 saturated heterocycles. The lowest BCUT2D eigenvalue weighted by Crippen LogP contribution is -2.38. The Labute approximate surface area is 127 Å². The third-order valence-electron chi connectivity index (χ3n) is 3.27. The molecule has 7 heteroatoms. The molecule has 0 saturated carbocycles. The summed E-state index contributed by atoms with van der Waals surface area (Å²) >= 11 is 0. The molecular formula is C15H21F3N2O2. The number of rotatable bonds is 6. The molecule has 3 N–H and O–H groups in total. The summed E-state index contributed by atoms with van der Waals surface area (Å²) in [7, 11) is 0. The van der Waals surface area contributed by atoms with Crippen LogP contribution in [0.5, 0.6) is 5.75 Å². The molecule has 0 spiro atoms. The van der Waals surface area contributed by atoms with E-state index >= 15 is 0 Å². The molecule has 1 amide bonds. The fourth-order valence-electron chi connectivity index (χ4n) is 1.68. The lowest BCUT2D eigenvalue weighted by molar-refractivity contribution is -0.153. The van der Waals surface area contributed by atoms with Gasteiger partial charge in [-0.15, -0.1) is 0 Å². The highest BCUT2D eigenvalue weighted by atomic mass is 19.4. The summed E-state index contributed by atoms with van der Waals surface area (Å²) in [5.74, 6) is -0.520. The first-order chi connectivity index (χ1) is 10.1. The molecule has 0 aliphatic heterocycles. The third kappa shape index (κ3) is 5.93. The second-order valence-electron chi connectivity index (χ2n) is 5.38. The molecule has 0 fully saturated rings. The summed E-state index contributed by atoms with van der Waals surface area (Å²) in [6.45, 7) is 3.88. The molecule has 1 rings (SSSR count). The van der Waals surface area contributed by atoms with Crippen molar-refractivity contribution in [2.45, 2.75) is 39.5 Å². The van der Waals surface area contributed by atoms with Crippen LogP contribution in [0.25, 0.3) is 0 Å². The number of alkyl halides is 3. The predicted molar refractivity (Wildman–Crippen MR) is 77.4 cm³/mol. The minimum atomic E-state index is -4.41. The number of aryl methyl sites for hydroxylation is 1. The highest BCUT2D eigenvalue weighted by Crippen LogP contribution is 2.23. The van der Waals surface area contributed by atoms with Crippen molar-refractivity contribution in [2.24, 2.45) is 11.7 Å². The van der Waals surface area contributed by atoms with Crippen LogP contribution in [-0.2, 0) is 11.3 Å². The predicted octanol–water partition coefficient (Wildman–Crippen LogP) is 2.54. The van der Waals surface area contributed by atoms with E-state index in [0.29, 0.717) is 5.56 Å². The Balaban J connectivity index is 2.75. The topological polar surface area (TPSA) is 64.4 Å². The fourth-order valence-corrected chi connectivity index (χ4v) is 1.68. The van der Waals surface area contributed by atoms with Crippen molar-refractivity contribution >= 4 is 5.91 Å². The van der Waals surface area contributed by atoms with E-state index in [1.54, 1.807) is 32.9 Å². The standard InChI is InChI=1S/C15H21F3N2O2/c1-9-4-5-12(7-20-14(21)10(2)11(3)19)13(6-9)22-8-15(16,17)18/h4-6,10-11H,7-8,19H2,1-3H3,(H,20,21). The van der Waals surface area contributed by atoms with Gasteiger partial charge in [0.05, 0.1) is 0 Å². The molecule has 4 nitrogen and oxygen atoms in total. The molecule has 0 radical (unpaired) electrons. The van der Waals surface area contributed by atoms with Crippen molar-refractivity contribution in [1.29, 1.82) is 0 Å². The number of halogens is 3. The molecule has 2 unspecified atom stereocenters. The molecule has 0 aliphatic rings. The summed E-state index contributed by atoms with van der Waals surface area (Å²) in [5, 5.41) is 2.66. The Morgan fingerprint density at radius 2 is 2.00 bits per heavy atom. The number of nitrogens with one attached hydrogen (secondary N) is 1. The average molecular weight is 318 g/mol. The summed E-state index contributed by atoms with van der Waals surface area (Å²) in [4.78, 5) is 11.8. The molecule has 124 valence electrons. The number of nitrogens with two attached hydrogens (primary N) is 1. The molecule has 0 heterocycles. The minimum absolute atomic E-state index is 0.0867. The summed E-state index contributed by atoms with van der Waals surface area (Å²) < 4.78 is 41.6. The van der Waals surface area contributed by atoms with Gasteiger partial charge in [0.25, 0.3) is 0 Å². The van der Waals surface area contributed by atoms with Gasteiger partial charge in [-0.25, -0.2) is 0 Å². The Bertz CT molecular complexity index is 516. The fraction of sp³-hybridized carbons (Fsp3) is 0.533. The largest absolute Gasteiger partial charge is 0.484 e. The Morgan fingerprint density at radius 1 is 1.36 bits per heavy atom. The maximum atomic E-state index is 12.3. The van der Waals surface area contributed by atoms with Crippen molar-refractivity contribution in [3.63, 3.8) is 0 Å².